The number of fused-ring (bicyclic) bond motifs is 1. The van der Waals surface area contributed by atoms with Crippen LogP contribution in [0, 0.1) is 0 Å². The van der Waals surface area contributed by atoms with E-state index >= 15 is 0 Å². The van der Waals surface area contributed by atoms with E-state index in [1.165, 1.54) is 41.6 Å². The second-order valence-electron chi connectivity index (χ2n) is 5.51. The quantitative estimate of drug-likeness (QED) is 0.852. The molecule has 1 unspecified atom stereocenters. The van der Waals surface area contributed by atoms with Gasteiger partial charge in [-0.3, -0.25) is 0 Å². The molecule has 1 atom stereocenters. The van der Waals surface area contributed by atoms with Gasteiger partial charge >= 0.3 is 0 Å². The van der Waals surface area contributed by atoms with Crippen LogP contribution in [0.4, 0.5) is 5.82 Å². The zero-order valence-corrected chi connectivity index (χ0v) is 13.0. The maximum atomic E-state index is 4.69. The fourth-order valence-corrected chi connectivity index (χ4v) is 3.82. The molecule has 3 rings (SSSR count). The lowest BCUT2D eigenvalue weighted by atomic mass is 10.0. The van der Waals surface area contributed by atoms with Gasteiger partial charge in [-0.15, -0.1) is 11.3 Å². The first kappa shape index (κ1) is 13.8. The summed E-state index contributed by atoms with van der Waals surface area (Å²) in [7, 11) is 0. The number of piperidine rings is 1. The lowest BCUT2D eigenvalue weighted by Crippen LogP contribution is -2.46. The van der Waals surface area contributed by atoms with E-state index < -0.39 is 0 Å². The molecule has 2 aromatic heterocycles. The van der Waals surface area contributed by atoms with E-state index in [2.05, 4.69) is 39.6 Å². The minimum absolute atomic E-state index is 0.591. The van der Waals surface area contributed by atoms with E-state index in [-0.39, 0.29) is 0 Å². The summed E-state index contributed by atoms with van der Waals surface area (Å²) in [6.07, 6.45) is 7.06. The van der Waals surface area contributed by atoms with Gasteiger partial charge in [0.2, 0.25) is 0 Å². The van der Waals surface area contributed by atoms with Gasteiger partial charge in [0, 0.05) is 35.4 Å². The van der Waals surface area contributed by atoms with E-state index in [1.807, 2.05) is 6.20 Å². The molecule has 4 heteroatoms. The molecule has 0 aliphatic carbocycles. The van der Waals surface area contributed by atoms with Crippen LogP contribution in [0.5, 0.6) is 0 Å². The summed E-state index contributed by atoms with van der Waals surface area (Å²) in [5, 5.41) is 7.07. The van der Waals surface area contributed by atoms with Gasteiger partial charge in [-0.25, -0.2) is 4.98 Å². The largest absolute Gasteiger partial charge is 0.352 e. The van der Waals surface area contributed by atoms with Gasteiger partial charge in [-0.1, -0.05) is 6.92 Å². The van der Waals surface area contributed by atoms with Crippen LogP contribution in [0.3, 0.4) is 0 Å². The fourth-order valence-electron chi connectivity index (χ4n) is 3.05. The number of thiophene rings is 1. The first-order valence-corrected chi connectivity index (χ1v) is 8.57. The van der Waals surface area contributed by atoms with E-state index in [4.69, 9.17) is 0 Å². The maximum Gasteiger partial charge on any atom is 0.137 e. The third-order valence-electron chi connectivity index (χ3n) is 4.06. The number of hydrogen-bond donors (Lipinski definition) is 1. The zero-order chi connectivity index (χ0) is 13.8. The topological polar surface area (TPSA) is 28.2 Å². The average Bonchev–Trinajstić information content (AvgIpc) is 2.96. The van der Waals surface area contributed by atoms with Gasteiger partial charge in [-0.05, 0) is 49.7 Å². The molecule has 20 heavy (non-hydrogen) atoms. The maximum absolute atomic E-state index is 4.69. The van der Waals surface area contributed by atoms with Crippen molar-refractivity contribution in [3.63, 3.8) is 0 Å². The summed E-state index contributed by atoms with van der Waals surface area (Å²) in [6.45, 7) is 5.55. The third-order valence-corrected chi connectivity index (χ3v) is 4.95. The summed E-state index contributed by atoms with van der Waals surface area (Å²) in [5.74, 6) is 1.19. The molecule has 2 aromatic rings. The molecule has 0 bridgehead atoms. The van der Waals surface area contributed by atoms with Gasteiger partial charge in [0.1, 0.15) is 5.82 Å². The number of nitrogens with one attached hydrogen (secondary N) is 1. The van der Waals surface area contributed by atoms with Crippen LogP contribution in [0.25, 0.3) is 10.1 Å². The molecular formula is C16H23N3S. The fraction of sp³-hybridized carbons (Fsp3) is 0.562. The number of nitrogens with zero attached hydrogens (tertiary/aromatic N) is 2. The monoisotopic (exact) mass is 289 g/mol. The molecule has 108 valence electrons. The molecule has 1 aliphatic rings. The standard InChI is InChI=1S/C16H23N3S/c1-2-8-17-12-13-5-3-4-10-19(13)16-14-7-11-20-15(14)6-9-18-16/h6-7,9,11,13,17H,2-5,8,10,12H2,1H3. The molecule has 0 radical (unpaired) electrons. The molecular weight excluding hydrogens is 266 g/mol. The Balaban J connectivity index is 1.83. The van der Waals surface area contributed by atoms with Crippen molar-refractivity contribution in [3.8, 4) is 0 Å². The predicted molar refractivity (Wildman–Crippen MR) is 87.8 cm³/mol. The minimum Gasteiger partial charge on any atom is -0.352 e. The molecule has 0 spiro atoms. The highest BCUT2D eigenvalue weighted by Gasteiger charge is 2.24. The Morgan fingerprint density at radius 3 is 3.25 bits per heavy atom. The number of hydrogen-bond acceptors (Lipinski definition) is 4. The number of pyridine rings is 1. The molecule has 0 amide bonds. The van der Waals surface area contributed by atoms with Crippen molar-refractivity contribution in [2.45, 2.75) is 38.6 Å². The summed E-state index contributed by atoms with van der Waals surface area (Å²) in [5.41, 5.74) is 0. The second kappa shape index (κ2) is 6.55. The van der Waals surface area contributed by atoms with Gasteiger partial charge in [0.05, 0.1) is 0 Å². The number of rotatable bonds is 5. The van der Waals surface area contributed by atoms with Crippen molar-refractivity contribution < 1.29 is 0 Å². The Hall–Kier alpha value is -1.13. The van der Waals surface area contributed by atoms with E-state index in [0.29, 0.717) is 6.04 Å². The molecule has 3 nitrogen and oxygen atoms in total. The smallest absolute Gasteiger partial charge is 0.137 e. The average molecular weight is 289 g/mol. The lowest BCUT2D eigenvalue weighted by molar-refractivity contribution is 0.434. The first-order valence-electron chi connectivity index (χ1n) is 7.69. The summed E-state index contributed by atoms with van der Waals surface area (Å²) < 4.78 is 1.35. The molecule has 1 saturated heterocycles. The SMILES string of the molecule is CCCNCC1CCCCN1c1nccc2sccc12. The Kier molecular flexibility index (Phi) is 4.53. The number of anilines is 1. The van der Waals surface area contributed by atoms with Gasteiger partial charge in [0.15, 0.2) is 0 Å². The highest BCUT2D eigenvalue weighted by Crippen LogP contribution is 2.32. The van der Waals surface area contributed by atoms with Gasteiger partial charge < -0.3 is 10.2 Å². The van der Waals surface area contributed by atoms with E-state index in [9.17, 15) is 0 Å². The van der Waals surface area contributed by atoms with Gasteiger partial charge in [0.25, 0.3) is 0 Å². The molecule has 3 heterocycles. The van der Waals surface area contributed by atoms with Crippen molar-refractivity contribution in [2.24, 2.45) is 0 Å². The number of aromatic nitrogens is 1. The van der Waals surface area contributed by atoms with Crippen LogP contribution >= 0.6 is 11.3 Å². The van der Waals surface area contributed by atoms with E-state index in [0.717, 1.165) is 19.6 Å². The molecule has 1 N–H and O–H groups in total. The third kappa shape index (κ3) is 2.81. The van der Waals surface area contributed by atoms with Crippen LogP contribution in [-0.2, 0) is 0 Å². The Morgan fingerprint density at radius 1 is 1.40 bits per heavy atom. The van der Waals surface area contributed by atoms with E-state index in [1.54, 1.807) is 11.3 Å². The highest BCUT2D eigenvalue weighted by molar-refractivity contribution is 7.17. The van der Waals surface area contributed by atoms with Crippen molar-refractivity contribution in [1.29, 1.82) is 0 Å². The second-order valence-corrected chi connectivity index (χ2v) is 6.46. The Bertz CT molecular complexity index is 551. The van der Waals surface area contributed by atoms with Crippen molar-refractivity contribution >= 4 is 27.2 Å². The molecule has 1 fully saturated rings. The predicted octanol–water partition coefficient (Wildman–Crippen LogP) is 3.65. The van der Waals surface area contributed by atoms with Crippen molar-refractivity contribution in [3.05, 3.63) is 23.7 Å². The zero-order valence-electron chi connectivity index (χ0n) is 12.1. The lowest BCUT2D eigenvalue weighted by Gasteiger charge is -2.37. The van der Waals surface area contributed by atoms with Crippen molar-refractivity contribution in [2.75, 3.05) is 24.5 Å². The first-order chi connectivity index (χ1) is 9.90. The normalized spacial score (nSPS) is 19.6. The van der Waals surface area contributed by atoms with Crippen LogP contribution in [0.1, 0.15) is 32.6 Å². The highest BCUT2D eigenvalue weighted by atomic mass is 32.1. The van der Waals surface area contributed by atoms with Crippen LogP contribution in [0.2, 0.25) is 0 Å². The molecule has 0 saturated carbocycles. The van der Waals surface area contributed by atoms with Crippen LogP contribution in [-0.4, -0.2) is 30.7 Å². The van der Waals surface area contributed by atoms with Crippen LogP contribution < -0.4 is 10.2 Å². The Morgan fingerprint density at radius 2 is 2.35 bits per heavy atom. The molecule has 1 aliphatic heterocycles. The van der Waals surface area contributed by atoms with Crippen LogP contribution in [0.15, 0.2) is 23.7 Å². The summed E-state index contributed by atoms with van der Waals surface area (Å²) in [6, 6.07) is 4.93. The van der Waals surface area contributed by atoms with Crippen molar-refractivity contribution in [1.82, 2.24) is 10.3 Å². The molecule has 0 aromatic carbocycles. The summed E-state index contributed by atoms with van der Waals surface area (Å²) in [4.78, 5) is 7.22. The Labute approximate surface area is 125 Å². The summed E-state index contributed by atoms with van der Waals surface area (Å²) >= 11 is 1.81. The minimum atomic E-state index is 0.591. The van der Waals surface area contributed by atoms with Gasteiger partial charge in [-0.2, -0.15) is 0 Å².